The van der Waals surface area contributed by atoms with Crippen LogP contribution in [0.5, 0.6) is 5.75 Å². The summed E-state index contributed by atoms with van der Waals surface area (Å²) < 4.78 is 0. The van der Waals surface area contributed by atoms with E-state index >= 15 is 0 Å². The standard InChI is InChI=1S/C8H8O.C7H6/c1-2-7-3-5-8(9)6-4-7;1-2-6-4-7(3-1)5-6/h2-6,9H,1H2;1-4H,5H2. The van der Waals surface area contributed by atoms with E-state index in [2.05, 4.69) is 30.8 Å². The summed E-state index contributed by atoms with van der Waals surface area (Å²) in [6.45, 7) is 3.58. The normalized spacial score (nSPS) is 10.8. The van der Waals surface area contributed by atoms with Crippen LogP contribution in [0.1, 0.15) is 16.7 Å². The third kappa shape index (κ3) is 2.51. The van der Waals surface area contributed by atoms with Gasteiger partial charge in [0.25, 0.3) is 0 Å². The zero-order valence-electron chi connectivity index (χ0n) is 9.06. The van der Waals surface area contributed by atoms with Gasteiger partial charge in [0.05, 0.1) is 0 Å². The molecule has 0 saturated heterocycles. The number of fused-ring (bicyclic) bond motifs is 2. The van der Waals surface area contributed by atoms with Crippen LogP contribution in [0, 0.1) is 0 Å². The maximum absolute atomic E-state index is 8.82. The van der Waals surface area contributed by atoms with Crippen LogP contribution in [-0.2, 0) is 6.42 Å². The molecule has 0 radical (unpaired) electrons. The van der Waals surface area contributed by atoms with Crippen molar-refractivity contribution in [1.29, 1.82) is 0 Å². The number of aromatic hydroxyl groups is 1. The molecule has 1 nitrogen and oxygen atoms in total. The van der Waals surface area contributed by atoms with E-state index in [1.807, 2.05) is 12.1 Å². The predicted octanol–water partition coefficient (Wildman–Crippen LogP) is 3.63. The summed E-state index contributed by atoms with van der Waals surface area (Å²) in [6.07, 6.45) is 2.95. The second kappa shape index (κ2) is 4.67. The largest absolute Gasteiger partial charge is 0.508 e. The predicted molar refractivity (Wildman–Crippen MR) is 67.4 cm³/mol. The second-order valence-electron chi connectivity index (χ2n) is 3.79. The van der Waals surface area contributed by atoms with Crippen LogP contribution in [0.2, 0.25) is 0 Å². The Hall–Kier alpha value is -2.02. The Bertz CT molecular complexity index is 458. The topological polar surface area (TPSA) is 20.2 Å². The SMILES string of the molecule is C=Cc1ccc(O)cc1.c1cc2cc(c1)C2. The fourth-order valence-corrected chi connectivity index (χ4v) is 1.56. The lowest BCUT2D eigenvalue weighted by Crippen LogP contribution is -1.97. The molecule has 0 unspecified atom stereocenters. The molecule has 80 valence electrons. The van der Waals surface area contributed by atoms with E-state index in [4.69, 9.17) is 5.11 Å². The average Bonchev–Trinajstić information content (AvgIpc) is 2.31. The van der Waals surface area contributed by atoms with E-state index < -0.39 is 0 Å². The van der Waals surface area contributed by atoms with Gasteiger partial charge in [0.15, 0.2) is 0 Å². The first kappa shape index (κ1) is 10.5. The Morgan fingerprint density at radius 3 is 1.88 bits per heavy atom. The van der Waals surface area contributed by atoms with Gasteiger partial charge in [-0.05, 0) is 35.2 Å². The second-order valence-corrected chi connectivity index (χ2v) is 3.79. The third-order valence-electron chi connectivity index (χ3n) is 2.53. The smallest absolute Gasteiger partial charge is 0.115 e. The van der Waals surface area contributed by atoms with E-state index in [9.17, 15) is 0 Å². The lowest BCUT2D eigenvalue weighted by atomic mass is 9.94. The van der Waals surface area contributed by atoms with Gasteiger partial charge in [0, 0.05) is 0 Å². The van der Waals surface area contributed by atoms with Crippen LogP contribution in [0.3, 0.4) is 0 Å². The minimum absolute atomic E-state index is 0.292. The molecule has 1 heteroatoms. The summed E-state index contributed by atoms with van der Waals surface area (Å²) in [4.78, 5) is 0. The van der Waals surface area contributed by atoms with Gasteiger partial charge in [-0.15, -0.1) is 0 Å². The summed E-state index contributed by atoms with van der Waals surface area (Å²) in [6, 6.07) is 15.5. The molecule has 0 aromatic heterocycles. The Labute approximate surface area is 95.7 Å². The molecular weight excluding hydrogens is 196 g/mol. The number of hydrogen-bond acceptors (Lipinski definition) is 1. The first-order valence-corrected chi connectivity index (χ1v) is 5.27. The van der Waals surface area contributed by atoms with E-state index in [1.54, 1.807) is 18.2 Å². The quantitative estimate of drug-likeness (QED) is 0.650. The highest BCUT2D eigenvalue weighted by Crippen LogP contribution is 2.18. The van der Waals surface area contributed by atoms with Crippen LogP contribution in [0.4, 0.5) is 0 Å². The van der Waals surface area contributed by atoms with Gasteiger partial charge >= 0.3 is 0 Å². The number of hydrogen-bond donors (Lipinski definition) is 1. The Morgan fingerprint density at radius 2 is 1.56 bits per heavy atom. The highest BCUT2D eigenvalue weighted by Gasteiger charge is 2.04. The molecule has 0 spiro atoms. The maximum atomic E-state index is 8.82. The van der Waals surface area contributed by atoms with Crippen molar-refractivity contribution in [2.75, 3.05) is 0 Å². The lowest BCUT2D eigenvalue weighted by molar-refractivity contribution is 0.475. The zero-order chi connectivity index (χ0) is 11.4. The molecule has 2 bridgehead atoms. The number of rotatable bonds is 1. The van der Waals surface area contributed by atoms with Crippen molar-refractivity contribution in [3.05, 3.63) is 71.8 Å². The molecule has 0 fully saturated rings. The van der Waals surface area contributed by atoms with E-state index in [-0.39, 0.29) is 0 Å². The minimum atomic E-state index is 0.292. The van der Waals surface area contributed by atoms with Gasteiger partial charge in [-0.2, -0.15) is 0 Å². The summed E-state index contributed by atoms with van der Waals surface area (Å²) in [5.74, 6) is 0.292. The van der Waals surface area contributed by atoms with Gasteiger partial charge in [-0.25, -0.2) is 0 Å². The average molecular weight is 210 g/mol. The molecule has 0 amide bonds. The Balaban J connectivity index is 0.000000123. The van der Waals surface area contributed by atoms with Crippen molar-refractivity contribution in [3.8, 4) is 5.75 Å². The van der Waals surface area contributed by atoms with Crippen molar-refractivity contribution >= 4 is 6.08 Å². The highest BCUT2D eigenvalue weighted by atomic mass is 16.3. The van der Waals surface area contributed by atoms with E-state index in [0.717, 1.165) is 5.56 Å². The molecule has 1 N–H and O–H groups in total. The van der Waals surface area contributed by atoms with Crippen LogP contribution < -0.4 is 0 Å². The molecular formula is C15H14O. The molecule has 0 aliphatic heterocycles. The van der Waals surface area contributed by atoms with Crippen molar-refractivity contribution < 1.29 is 5.11 Å². The van der Waals surface area contributed by atoms with Gasteiger partial charge in [0.2, 0.25) is 0 Å². The molecule has 2 aliphatic carbocycles. The first-order chi connectivity index (χ1) is 7.78. The number of phenols is 1. The van der Waals surface area contributed by atoms with Crippen LogP contribution in [0.15, 0.2) is 55.1 Å². The molecule has 2 aromatic carbocycles. The third-order valence-corrected chi connectivity index (χ3v) is 2.53. The van der Waals surface area contributed by atoms with E-state index in [1.165, 1.54) is 17.5 Å². The molecule has 0 heterocycles. The Morgan fingerprint density at radius 1 is 1.00 bits per heavy atom. The highest BCUT2D eigenvalue weighted by molar-refractivity contribution is 5.47. The molecule has 16 heavy (non-hydrogen) atoms. The Kier molecular flexibility index (Phi) is 3.06. The fourth-order valence-electron chi connectivity index (χ4n) is 1.56. The molecule has 2 aliphatic rings. The van der Waals surface area contributed by atoms with Crippen molar-refractivity contribution in [2.24, 2.45) is 0 Å². The molecule has 0 saturated carbocycles. The van der Waals surface area contributed by atoms with Gasteiger partial charge in [-0.3, -0.25) is 0 Å². The summed E-state index contributed by atoms with van der Waals surface area (Å²) in [5, 5.41) is 8.82. The number of phenolic OH excluding ortho intramolecular Hbond substituents is 1. The molecule has 4 rings (SSSR count). The number of benzene rings is 2. The lowest BCUT2D eigenvalue weighted by Gasteiger charge is -2.11. The minimum Gasteiger partial charge on any atom is -0.508 e. The maximum Gasteiger partial charge on any atom is 0.115 e. The molecule has 2 aromatic rings. The monoisotopic (exact) mass is 210 g/mol. The van der Waals surface area contributed by atoms with Crippen molar-refractivity contribution in [2.45, 2.75) is 6.42 Å². The van der Waals surface area contributed by atoms with Crippen LogP contribution in [-0.4, -0.2) is 5.11 Å². The fraction of sp³-hybridized carbons (Fsp3) is 0.0667. The van der Waals surface area contributed by atoms with Crippen LogP contribution in [0.25, 0.3) is 6.08 Å². The first-order valence-electron chi connectivity index (χ1n) is 5.27. The van der Waals surface area contributed by atoms with E-state index in [0.29, 0.717) is 5.75 Å². The summed E-state index contributed by atoms with van der Waals surface area (Å²) in [5.41, 5.74) is 3.99. The summed E-state index contributed by atoms with van der Waals surface area (Å²) in [7, 11) is 0. The van der Waals surface area contributed by atoms with Gasteiger partial charge in [0.1, 0.15) is 5.75 Å². The van der Waals surface area contributed by atoms with Gasteiger partial charge in [-0.1, -0.05) is 49.1 Å². The zero-order valence-corrected chi connectivity index (χ0v) is 9.06. The molecule has 0 atom stereocenters. The van der Waals surface area contributed by atoms with Crippen molar-refractivity contribution in [3.63, 3.8) is 0 Å². The van der Waals surface area contributed by atoms with Crippen molar-refractivity contribution in [1.82, 2.24) is 0 Å². The van der Waals surface area contributed by atoms with Gasteiger partial charge < -0.3 is 5.11 Å². The van der Waals surface area contributed by atoms with Crippen LogP contribution >= 0.6 is 0 Å². The summed E-state index contributed by atoms with van der Waals surface area (Å²) >= 11 is 0.